The molecule has 0 aromatic carbocycles. The molecule has 6 heteroatoms. The largest absolute Gasteiger partial charge is 0.394 e. The Morgan fingerprint density at radius 2 is 2.40 bits per heavy atom. The van der Waals surface area contributed by atoms with Gasteiger partial charge in [-0.05, 0) is 13.8 Å². The van der Waals surface area contributed by atoms with Crippen LogP contribution in [0.3, 0.4) is 0 Å². The van der Waals surface area contributed by atoms with Gasteiger partial charge in [0, 0.05) is 6.54 Å². The van der Waals surface area contributed by atoms with Crippen LogP contribution in [0.25, 0.3) is 0 Å². The number of aromatic nitrogens is 2. The molecule has 0 spiro atoms. The fraction of sp³-hybridized carbons (Fsp3) is 0.444. The van der Waals surface area contributed by atoms with Crippen LogP contribution >= 0.6 is 0 Å². The molecule has 0 saturated carbocycles. The van der Waals surface area contributed by atoms with Crippen molar-refractivity contribution in [3.8, 4) is 0 Å². The molecule has 0 aliphatic rings. The van der Waals surface area contributed by atoms with Crippen LogP contribution < -0.4 is 16.4 Å². The molecule has 1 atom stereocenters. The van der Waals surface area contributed by atoms with E-state index in [1.165, 1.54) is 12.5 Å². The number of hydrogen-bond acceptors (Lipinski definition) is 5. The molecule has 1 rings (SSSR count). The summed E-state index contributed by atoms with van der Waals surface area (Å²) in [7, 11) is 0. The van der Waals surface area contributed by atoms with Gasteiger partial charge in [-0.15, -0.1) is 0 Å². The maximum atomic E-state index is 11.4. The molecule has 0 bridgehead atoms. The normalized spacial score (nSPS) is 11.9. The summed E-state index contributed by atoms with van der Waals surface area (Å²) in [6.45, 7) is 4.21. The lowest BCUT2D eigenvalue weighted by molar-refractivity contribution is -0.121. The summed E-state index contributed by atoms with van der Waals surface area (Å²) in [5.41, 5.74) is 6.05. The molecule has 4 N–H and O–H groups in total. The SMILES string of the molecule is CCNC(=O)C(C)Nc1ncncc1N. The standard InChI is InChI=1S/C9H15N5O/c1-3-12-9(15)6(2)14-8-7(10)4-11-5-13-8/h4-6H,3,10H2,1-2H3,(H,12,15)(H,11,13,14). The fourth-order valence-corrected chi connectivity index (χ4v) is 1.06. The zero-order valence-electron chi connectivity index (χ0n) is 8.82. The minimum atomic E-state index is -0.373. The van der Waals surface area contributed by atoms with Gasteiger partial charge in [0.05, 0.1) is 11.9 Å². The molecular weight excluding hydrogens is 194 g/mol. The van der Waals surface area contributed by atoms with Gasteiger partial charge >= 0.3 is 0 Å². The van der Waals surface area contributed by atoms with Gasteiger partial charge in [-0.1, -0.05) is 0 Å². The highest BCUT2D eigenvalue weighted by atomic mass is 16.2. The van der Waals surface area contributed by atoms with Crippen LogP contribution in [-0.4, -0.2) is 28.5 Å². The minimum Gasteiger partial charge on any atom is -0.394 e. The Kier molecular flexibility index (Phi) is 3.84. The number of hydrogen-bond donors (Lipinski definition) is 3. The van der Waals surface area contributed by atoms with Crippen LogP contribution in [0.1, 0.15) is 13.8 Å². The first-order valence-corrected chi connectivity index (χ1v) is 4.75. The summed E-state index contributed by atoms with van der Waals surface area (Å²) in [6, 6.07) is -0.373. The second-order valence-electron chi connectivity index (χ2n) is 3.09. The molecule has 1 amide bonds. The Labute approximate surface area is 88.3 Å². The van der Waals surface area contributed by atoms with Crippen molar-refractivity contribution in [1.29, 1.82) is 0 Å². The van der Waals surface area contributed by atoms with Crippen LogP contribution in [0.4, 0.5) is 11.5 Å². The lowest BCUT2D eigenvalue weighted by atomic mass is 10.3. The first-order chi connectivity index (χ1) is 7.15. The van der Waals surface area contributed by atoms with Crippen molar-refractivity contribution in [2.45, 2.75) is 19.9 Å². The van der Waals surface area contributed by atoms with Crippen LogP contribution in [-0.2, 0) is 4.79 Å². The summed E-state index contributed by atoms with van der Waals surface area (Å²) >= 11 is 0. The van der Waals surface area contributed by atoms with Gasteiger partial charge in [-0.2, -0.15) is 0 Å². The van der Waals surface area contributed by atoms with E-state index >= 15 is 0 Å². The monoisotopic (exact) mass is 209 g/mol. The predicted molar refractivity (Wildman–Crippen MR) is 58.2 cm³/mol. The summed E-state index contributed by atoms with van der Waals surface area (Å²) in [5, 5.41) is 5.61. The summed E-state index contributed by atoms with van der Waals surface area (Å²) in [4.78, 5) is 19.1. The maximum absolute atomic E-state index is 11.4. The van der Waals surface area contributed by atoms with Gasteiger partial charge in [0.2, 0.25) is 5.91 Å². The number of nitrogens with two attached hydrogens (primary N) is 1. The van der Waals surface area contributed by atoms with Crippen molar-refractivity contribution in [3.05, 3.63) is 12.5 Å². The lowest BCUT2D eigenvalue weighted by Gasteiger charge is -2.14. The van der Waals surface area contributed by atoms with E-state index in [0.717, 1.165) is 0 Å². The first-order valence-electron chi connectivity index (χ1n) is 4.75. The third-order valence-corrected chi connectivity index (χ3v) is 1.84. The Balaban J connectivity index is 2.62. The average Bonchev–Trinajstić information content (AvgIpc) is 2.21. The second kappa shape index (κ2) is 5.14. The number of carbonyl (C=O) groups is 1. The van der Waals surface area contributed by atoms with E-state index in [0.29, 0.717) is 18.1 Å². The van der Waals surface area contributed by atoms with Crippen LogP contribution in [0.15, 0.2) is 12.5 Å². The number of anilines is 2. The van der Waals surface area contributed by atoms with Crippen LogP contribution in [0, 0.1) is 0 Å². The molecule has 82 valence electrons. The van der Waals surface area contributed by atoms with Crippen molar-refractivity contribution >= 4 is 17.4 Å². The van der Waals surface area contributed by atoms with Crippen molar-refractivity contribution in [2.24, 2.45) is 0 Å². The van der Waals surface area contributed by atoms with Gasteiger partial charge in [0.1, 0.15) is 12.4 Å². The van der Waals surface area contributed by atoms with Gasteiger partial charge in [-0.3, -0.25) is 4.79 Å². The highest BCUT2D eigenvalue weighted by Crippen LogP contribution is 2.12. The Morgan fingerprint density at radius 3 is 3.00 bits per heavy atom. The third-order valence-electron chi connectivity index (χ3n) is 1.84. The van der Waals surface area contributed by atoms with Gasteiger partial charge in [0.15, 0.2) is 5.82 Å². The van der Waals surface area contributed by atoms with E-state index in [-0.39, 0.29) is 11.9 Å². The number of nitrogen functional groups attached to an aromatic ring is 1. The molecule has 0 fully saturated rings. The molecule has 1 aromatic rings. The lowest BCUT2D eigenvalue weighted by Crippen LogP contribution is -2.37. The number of rotatable bonds is 4. The molecule has 6 nitrogen and oxygen atoms in total. The van der Waals surface area contributed by atoms with E-state index in [2.05, 4.69) is 20.6 Å². The molecule has 15 heavy (non-hydrogen) atoms. The number of nitrogens with zero attached hydrogens (tertiary/aromatic N) is 2. The number of nitrogens with one attached hydrogen (secondary N) is 2. The Morgan fingerprint density at radius 1 is 1.67 bits per heavy atom. The van der Waals surface area contributed by atoms with Crippen molar-refractivity contribution in [1.82, 2.24) is 15.3 Å². The molecule has 1 heterocycles. The van der Waals surface area contributed by atoms with E-state index in [4.69, 9.17) is 5.73 Å². The van der Waals surface area contributed by atoms with Gasteiger partial charge in [0.25, 0.3) is 0 Å². The Bertz CT molecular complexity index is 341. The van der Waals surface area contributed by atoms with E-state index in [1.807, 2.05) is 6.92 Å². The summed E-state index contributed by atoms with van der Waals surface area (Å²) in [5.74, 6) is 0.388. The van der Waals surface area contributed by atoms with Crippen molar-refractivity contribution in [3.63, 3.8) is 0 Å². The molecule has 0 saturated heterocycles. The van der Waals surface area contributed by atoms with E-state index < -0.39 is 0 Å². The Hall–Kier alpha value is -1.85. The minimum absolute atomic E-state index is 0.0875. The molecule has 0 aliphatic heterocycles. The van der Waals surface area contributed by atoms with Gasteiger partial charge < -0.3 is 16.4 Å². The van der Waals surface area contributed by atoms with E-state index in [9.17, 15) is 4.79 Å². The summed E-state index contributed by atoms with van der Waals surface area (Å²) in [6.07, 6.45) is 2.86. The van der Waals surface area contributed by atoms with Crippen molar-refractivity contribution < 1.29 is 4.79 Å². The summed E-state index contributed by atoms with van der Waals surface area (Å²) < 4.78 is 0. The van der Waals surface area contributed by atoms with E-state index in [1.54, 1.807) is 6.92 Å². The second-order valence-corrected chi connectivity index (χ2v) is 3.09. The smallest absolute Gasteiger partial charge is 0.242 e. The highest BCUT2D eigenvalue weighted by molar-refractivity contribution is 5.84. The third kappa shape index (κ3) is 3.08. The predicted octanol–water partition coefficient (Wildman–Crippen LogP) is -0.00470. The number of likely N-dealkylation sites (N-methyl/N-ethyl adjacent to an activating group) is 1. The zero-order valence-corrected chi connectivity index (χ0v) is 8.82. The van der Waals surface area contributed by atoms with Crippen LogP contribution in [0.2, 0.25) is 0 Å². The first kappa shape index (κ1) is 11.2. The molecule has 0 aliphatic carbocycles. The fourth-order valence-electron chi connectivity index (χ4n) is 1.06. The maximum Gasteiger partial charge on any atom is 0.242 e. The van der Waals surface area contributed by atoms with Crippen molar-refractivity contribution in [2.75, 3.05) is 17.6 Å². The molecule has 1 unspecified atom stereocenters. The van der Waals surface area contributed by atoms with Gasteiger partial charge in [-0.25, -0.2) is 9.97 Å². The number of amides is 1. The molecule has 1 aromatic heterocycles. The highest BCUT2D eigenvalue weighted by Gasteiger charge is 2.12. The van der Waals surface area contributed by atoms with Crippen LogP contribution in [0.5, 0.6) is 0 Å². The topological polar surface area (TPSA) is 92.9 Å². The molecule has 0 radical (unpaired) electrons. The molecular formula is C9H15N5O. The zero-order chi connectivity index (χ0) is 11.3. The quantitative estimate of drug-likeness (QED) is 0.648. The number of carbonyl (C=O) groups excluding carboxylic acids is 1. The average molecular weight is 209 g/mol.